The lowest BCUT2D eigenvalue weighted by Gasteiger charge is -2.22. The normalized spacial score (nSPS) is 12.8. The second kappa shape index (κ2) is 63.6. The van der Waals surface area contributed by atoms with Crippen molar-refractivity contribution in [3.8, 4) is 0 Å². The number of nitrogens with one attached hydrogen (secondary N) is 1. The number of aliphatic hydroxyl groups excluding tert-OH is 2. The Morgan fingerprint density at radius 1 is 0.378 bits per heavy atom. The van der Waals surface area contributed by atoms with Crippen LogP contribution in [0.15, 0.2) is 36.5 Å². The van der Waals surface area contributed by atoms with E-state index in [9.17, 15) is 19.8 Å². The summed E-state index contributed by atoms with van der Waals surface area (Å²) in [4.78, 5) is 24.5. The smallest absolute Gasteiger partial charge is 0.305 e. The van der Waals surface area contributed by atoms with Crippen LogP contribution in [0, 0.1) is 0 Å². The molecule has 0 aromatic heterocycles. The summed E-state index contributed by atoms with van der Waals surface area (Å²) < 4.78 is 5.48. The summed E-state index contributed by atoms with van der Waals surface area (Å²) in [5.74, 6) is -0.0290. The summed E-state index contributed by atoms with van der Waals surface area (Å²) in [7, 11) is 0. The number of allylic oxidation sites excluding steroid dienone is 6. The van der Waals surface area contributed by atoms with Crippen LogP contribution in [0.5, 0.6) is 0 Å². The lowest BCUT2D eigenvalue weighted by Crippen LogP contribution is -2.45. The highest BCUT2D eigenvalue weighted by Gasteiger charge is 2.20. The fourth-order valence-electron chi connectivity index (χ4n) is 10.3. The highest BCUT2D eigenvalue weighted by atomic mass is 16.5. The summed E-state index contributed by atoms with van der Waals surface area (Å²) in [6.45, 7) is 4.95. The van der Waals surface area contributed by atoms with Crippen molar-refractivity contribution in [2.45, 2.75) is 373 Å². The largest absolute Gasteiger partial charge is 0.466 e. The molecule has 0 aliphatic rings. The molecular formula is C68H129NO5. The van der Waals surface area contributed by atoms with Gasteiger partial charge in [0.25, 0.3) is 0 Å². The third-order valence-corrected chi connectivity index (χ3v) is 15.4. The van der Waals surface area contributed by atoms with Crippen LogP contribution < -0.4 is 5.32 Å². The minimum atomic E-state index is -0.663. The number of aliphatic hydroxyl groups is 2. The van der Waals surface area contributed by atoms with E-state index in [1.807, 2.05) is 0 Å². The van der Waals surface area contributed by atoms with Crippen LogP contribution >= 0.6 is 0 Å². The van der Waals surface area contributed by atoms with Crippen molar-refractivity contribution < 1.29 is 24.5 Å². The summed E-state index contributed by atoms with van der Waals surface area (Å²) in [6, 6.07) is -0.540. The van der Waals surface area contributed by atoms with Gasteiger partial charge in [0.2, 0.25) is 5.91 Å². The van der Waals surface area contributed by atoms with E-state index in [0.29, 0.717) is 25.9 Å². The first kappa shape index (κ1) is 72.1. The highest BCUT2D eigenvalue weighted by Crippen LogP contribution is 2.18. The Morgan fingerprint density at radius 2 is 0.676 bits per heavy atom. The van der Waals surface area contributed by atoms with Gasteiger partial charge in [0, 0.05) is 12.8 Å². The minimum Gasteiger partial charge on any atom is -0.466 e. The molecule has 0 spiro atoms. The standard InChI is InChI=1S/C68H129NO5/c1-3-5-7-9-11-13-15-17-38-42-46-50-54-58-62-68(73)74-63-59-55-51-47-43-39-36-34-32-30-28-26-24-22-20-18-19-21-23-25-27-29-31-33-35-37-41-45-49-53-57-61-67(72)69-65(64-70)66(71)60-56-52-48-44-40-16-14-12-10-8-6-4-2/h15,17,20,22,26,28,65-66,70-71H,3-14,16,18-19,21,23-25,27,29-64H2,1-2H3,(H,69,72)/b17-15-,22-20-,28-26-. The van der Waals surface area contributed by atoms with E-state index in [0.717, 1.165) is 51.4 Å². The molecule has 74 heavy (non-hydrogen) atoms. The van der Waals surface area contributed by atoms with E-state index in [1.165, 1.54) is 276 Å². The average molecular weight is 1040 g/mol. The molecule has 0 saturated heterocycles. The molecule has 0 aliphatic carbocycles. The van der Waals surface area contributed by atoms with Gasteiger partial charge in [-0.1, -0.05) is 301 Å². The second-order valence-electron chi connectivity index (χ2n) is 22.8. The number of esters is 1. The predicted octanol–water partition coefficient (Wildman–Crippen LogP) is 21.1. The lowest BCUT2D eigenvalue weighted by molar-refractivity contribution is -0.143. The van der Waals surface area contributed by atoms with Gasteiger partial charge in [-0.05, 0) is 83.5 Å². The monoisotopic (exact) mass is 1040 g/mol. The molecule has 0 aromatic rings. The molecule has 0 bridgehead atoms. The Morgan fingerprint density at radius 3 is 1.04 bits per heavy atom. The number of carbonyl (C=O) groups excluding carboxylic acids is 2. The number of hydrogen-bond donors (Lipinski definition) is 3. The van der Waals surface area contributed by atoms with E-state index in [-0.39, 0.29) is 18.5 Å². The van der Waals surface area contributed by atoms with Crippen molar-refractivity contribution >= 4 is 11.9 Å². The summed E-state index contributed by atoms with van der Waals surface area (Å²) >= 11 is 0. The molecule has 1 amide bonds. The molecule has 3 N–H and O–H groups in total. The molecule has 6 heteroatoms. The second-order valence-corrected chi connectivity index (χ2v) is 22.8. The molecule has 6 nitrogen and oxygen atoms in total. The number of unbranched alkanes of at least 4 members (excludes halogenated alkanes) is 45. The number of hydrogen-bond acceptors (Lipinski definition) is 5. The van der Waals surface area contributed by atoms with Crippen LogP contribution in [-0.4, -0.2) is 47.4 Å². The van der Waals surface area contributed by atoms with Crippen LogP contribution in [0.1, 0.15) is 361 Å². The first-order valence-electron chi connectivity index (χ1n) is 33.2. The van der Waals surface area contributed by atoms with Gasteiger partial charge >= 0.3 is 5.97 Å². The van der Waals surface area contributed by atoms with Crippen LogP contribution in [0.4, 0.5) is 0 Å². The fraction of sp³-hybridized carbons (Fsp3) is 0.882. The zero-order valence-corrected chi connectivity index (χ0v) is 49.8. The number of ether oxygens (including phenoxy) is 1. The Kier molecular flexibility index (Phi) is 62.0. The minimum absolute atomic E-state index is 0.00471. The molecule has 0 heterocycles. The van der Waals surface area contributed by atoms with E-state index >= 15 is 0 Å². The van der Waals surface area contributed by atoms with E-state index in [1.54, 1.807) is 0 Å². The molecule has 2 unspecified atom stereocenters. The quantitative estimate of drug-likeness (QED) is 0.0320. The molecule has 0 radical (unpaired) electrons. The number of rotatable bonds is 62. The predicted molar refractivity (Wildman–Crippen MR) is 324 cm³/mol. The van der Waals surface area contributed by atoms with Crippen molar-refractivity contribution in [3.63, 3.8) is 0 Å². The zero-order valence-electron chi connectivity index (χ0n) is 49.8. The van der Waals surface area contributed by atoms with Gasteiger partial charge < -0.3 is 20.3 Å². The first-order chi connectivity index (χ1) is 36.5. The summed E-state index contributed by atoms with van der Waals surface area (Å²) in [6.07, 6.45) is 80.4. The van der Waals surface area contributed by atoms with Gasteiger partial charge in [-0.3, -0.25) is 9.59 Å². The van der Waals surface area contributed by atoms with Gasteiger partial charge in [-0.25, -0.2) is 0 Å². The van der Waals surface area contributed by atoms with Crippen molar-refractivity contribution in [2.24, 2.45) is 0 Å². The maximum Gasteiger partial charge on any atom is 0.305 e. The molecular weight excluding hydrogens is 911 g/mol. The molecule has 0 rings (SSSR count). The zero-order chi connectivity index (χ0) is 53.6. The van der Waals surface area contributed by atoms with Crippen LogP contribution in [0.25, 0.3) is 0 Å². The van der Waals surface area contributed by atoms with Gasteiger partial charge in [0.1, 0.15) is 0 Å². The lowest BCUT2D eigenvalue weighted by atomic mass is 10.0. The Labute approximate surface area is 462 Å². The Hall–Kier alpha value is -1.92. The van der Waals surface area contributed by atoms with Crippen molar-refractivity contribution in [2.75, 3.05) is 13.2 Å². The van der Waals surface area contributed by atoms with Gasteiger partial charge in [0.05, 0.1) is 25.4 Å². The third-order valence-electron chi connectivity index (χ3n) is 15.4. The highest BCUT2D eigenvalue weighted by molar-refractivity contribution is 5.76. The fourth-order valence-corrected chi connectivity index (χ4v) is 10.3. The summed E-state index contributed by atoms with van der Waals surface area (Å²) in [5.41, 5.74) is 0. The Bertz CT molecular complexity index is 1200. The van der Waals surface area contributed by atoms with Gasteiger partial charge in [0.15, 0.2) is 0 Å². The first-order valence-corrected chi connectivity index (χ1v) is 33.2. The van der Waals surface area contributed by atoms with Gasteiger partial charge in [-0.15, -0.1) is 0 Å². The van der Waals surface area contributed by atoms with Gasteiger partial charge in [-0.2, -0.15) is 0 Å². The van der Waals surface area contributed by atoms with E-state index in [2.05, 4.69) is 55.6 Å². The van der Waals surface area contributed by atoms with Crippen molar-refractivity contribution in [3.05, 3.63) is 36.5 Å². The van der Waals surface area contributed by atoms with E-state index < -0.39 is 12.1 Å². The molecule has 0 aromatic carbocycles. The van der Waals surface area contributed by atoms with E-state index in [4.69, 9.17) is 4.74 Å². The Balaban J connectivity index is 3.38. The SMILES string of the molecule is CCCCCCC/C=C\CCCCCCCC(=O)OCCCCCCCCCCC/C=C\C/C=C\CCCCCCCCCCCCCCCCCC(=O)NC(CO)C(O)CCCCCCCCCCCCCC. The molecule has 0 saturated carbocycles. The van der Waals surface area contributed by atoms with Crippen LogP contribution in [-0.2, 0) is 14.3 Å². The maximum atomic E-state index is 12.5. The average Bonchev–Trinajstić information content (AvgIpc) is 3.40. The maximum absolute atomic E-state index is 12.5. The van der Waals surface area contributed by atoms with Crippen LogP contribution in [0.2, 0.25) is 0 Å². The number of carbonyl (C=O) groups is 2. The number of amides is 1. The van der Waals surface area contributed by atoms with Crippen LogP contribution in [0.3, 0.4) is 0 Å². The third kappa shape index (κ3) is 59.3. The molecule has 0 aliphatic heterocycles. The van der Waals surface area contributed by atoms with Crippen molar-refractivity contribution in [1.82, 2.24) is 5.32 Å². The molecule has 2 atom stereocenters. The van der Waals surface area contributed by atoms with Crippen molar-refractivity contribution in [1.29, 1.82) is 0 Å². The molecule has 436 valence electrons. The topological polar surface area (TPSA) is 95.9 Å². The molecule has 0 fully saturated rings. The summed E-state index contributed by atoms with van der Waals surface area (Å²) in [5, 5.41) is 23.2.